The molecule has 1 aromatic heterocycles. The highest BCUT2D eigenvalue weighted by Crippen LogP contribution is 2.24. The monoisotopic (exact) mass is 408 g/mol. The van der Waals surface area contributed by atoms with Crippen LogP contribution in [-0.4, -0.2) is 48.1 Å². The maximum absolute atomic E-state index is 13.9. The summed E-state index contributed by atoms with van der Waals surface area (Å²) in [6.45, 7) is 1.39. The summed E-state index contributed by atoms with van der Waals surface area (Å²) >= 11 is 0. The molecule has 4 rings (SSSR count). The van der Waals surface area contributed by atoms with Crippen molar-refractivity contribution in [3.63, 3.8) is 0 Å². The van der Waals surface area contributed by atoms with E-state index in [0.717, 1.165) is 25.1 Å². The van der Waals surface area contributed by atoms with Crippen molar-refractivity contribution < 1.29 is 13.7 Å². The predicted octanol–water partition coefficient (Wildman–Crippen LogP) is 4.04. The fourth-order valence-electron chi connectivity index (χ4n) is 3.84. The number of hydrogen-bond acceptors (Lipinski definition) is 5. The number of likely N-dealkylation sites (tertiary alicyclic amines) is 1. The Morgan fingerprint density at radius 3 is 2.70 bits per heavy atom. The third-order valence-corrected chi connectivity index (χ3v) is 5.48. The van der Waals surface area contributed by atoms with Gasteiger partial charge in [0, 0.05) is 44.9 Å². The van der Waals surface area contributed by atoms with E-state index in [2.05, 4.69) is 10.1 Å². The quantitative estimate of drug-likeness (QED) is 0.638. The average Bonchev–Trinajstić information content (AvgIpc) is 3.22. The van der Waals surface area contributed by atoms with Crippen molar-refractivity contribution >= 4 is 11.6 Å². The largest absolute Gasteiger partial charge is 0.378 e. The molecular weight excluding hydrogens is 383 g/mol. The highest BCUT2D eigenvalue weighted by molar-refractivity contribution is 5.94. The minimum absolute atomic E-state index is 0.0441. The number of carbonyl (C=O) groups is 1. The van der Waals surface area contributed by atoms with Crippen LogP contribution in [-0.2, 0) is 6.42 Å². The van der Waals surface area contributed by atoms with Gasteiger partial charge in [0.2, 0.25) is 11.7 Å². The van der Waals surface area contributed by atoms with Gasteiger partial charge in [0.15, 0.2) is 0 Å². The summed E-state index contributed by atoms with van der Waals surface area (Å²) in [5.74, 6) is 0.635. The first-order valence-corrected chi connectivity index (χ1v) is 10.2. The zero-order valence-corrected chi connectivity index (χ0v) is 17.2. The number of nitrogens with zero attached hydrogens (tertiary/aromatic N) is 4. The van der Waals surface area contributed by atoms with Gasteiger partial charge in [-0.2, -0.15) is 4.98 Å². The molecule has 1 amide bonds. The fraction of sp³-hybridized carbons (Fsp3) is 0.348. The number of piperidine rings is 1. The van der Waals surface area contributed by atoms with Crippen LogP contribution in [0.3, 0.4) is 0 Å². The van der Waals surface area contributed by atoms with Gasteiger partial charge in [-0.3, -0.25) is 4.79 Å². The minimum atomic E-state index is -0.375. The SMILES string of the molecule is CN(C)c1ccc(C(=O)N2CCC[C@@H](Cc3nc(-c4ccccc4F)no3)C2)cc1. The summed E-state index contributed by atoms with van der Waals surface area (Å²) in [7, 11) is 3.95. The zero-order chi connectivity index (χ0) is 21.1. The molecule has 1 fully saturated rings. The first-order valence-electron chi connectivity index (χ1n) is 10.2. The topological polar surface area (TPSA) is 62.5 Å². The van der Waals surface area contributed by atoms with E-state index in [1.54, 1.807) is 18.2 Å². The zero-order valence-electron chi connectivity index (χ0n) is 17.2. The Morgan fingerprint density at radius 2 is 1.97 bits per heavy atom. The molecule has 3 aromatic rings. The molecule has 156 valence electrons. The number of amides is 1. The molecule has 1 aliphatic heterocycles. The Labute approximate surface area is 175 Å². The molecule has 6 nitrogen and oxygen atoms in total. The van der Waals surface area contributed by atoms with E-state index in [4.69, 9.17) is 4.52 Å². The van der Waals surface area contributed by atoms with Gasteiger partial charge in [-0.1, -0.05) is 17.3 Å². The van der Waals surface area contributed by atoms with Crippen LogP contribution in [0.5, 0.6) is 0 Å². The molecule has 2 aromatic carbocycles. The van der Waals surface area contributed by atoms with Crippen LogP contribution in [0.2, 0.25) is 0 Å². The smallest absolute Gasteiger partial charge is 0.253 e. The van der Waals surface area contributed by atoms with Gasteiger partial charge in [-0.15, -0.1) is 0 Å². The lowest BCUT2D eigenvalue weighted by atomic mass is 9.94. The van der Waals surface area contributed by atoms with Crippen molar-refractivity contribution in [2.75, 3.05) is 32.1 Å². The lowest BCUT2D eigenvalue weighted by Crippen LogP contribution is -2.40. The van der Waals surface area contributed by atoms with E-state index in [1.165, 1.54) is 6.07 Å². The van der Waals surface area contributed by atoms with Gasteiger partial charge in [0.25, 0.3) is 5.91 Å². The van der Waals surface area contributed by atoms with Crippen molar-refractivity contribution in [2.45, 2.75) is 19.3 Å². The minimum Gasteiger partial charge on any atom is -0.378 e. The van der Waals surface area contributed by atoms with Crippen molar-refractivity contribution in [3.8, 4) is 11.4 Å². The van der Waals surface area contributed by atoms with E-state index in [9.17, 15) is 9.18 Å². The summed E-state index contributed by atoms with van der Waals surface area (Å²) in [5, 5.41) is 3.93. The molecular formula is C23H25FN4O2. The van der Waals surface area contributed by atoms with Crippen LogP contribution < -0.4 is 4.90 Å². The molecule has 30 heavy (non-hydrogen) atoms. The van der Waals surface area contributed by atoms with Crippen LogP contribution >= 0.6 is 0 Å². The lowest BCUT2D eigenvalue weighted by Gasteiger charge is -2.32. The highest BCUT2D eigenvalue weighted by atomic mass is 19.1. The first kappa shape index (κ1) is 20.1. The predicted molar refractivity (Wildman–Crippen MR) is 113 cm³/mol. The Bertz CT molecular complexity index is 1020. The summed E-state index contributed by atoms with van der Waals surface area (Å²) < 4.78 is 19.3. The number of hydrogen-bond donors (Lipinski definition) is 0. The fourth-order valence-corrected chi connectivity index (χ4v) is 3.84. The summed E-state index contributed by atoms with van der Waals surface area (Å²) in [6, 6.07) is 14.0. The number of anilines is 1. The van der Waals surface area contributed by atoms with Gasteiger partial charge in [-0.05, 0) is 55.2 Å². The summed E-state index contributed by atoms with van der Waals surface area (Å²) in [4.78, 5) is 21.2. The number of halogens is 1. The van der Waals surface area contributed by atoms with Crippen LogP contribution in [0.15, 0.2) is 53.1 Å². The Hall–Kier alpha value is -3.22. The molecule has 0 bridgehead atoms. The average molecular weight is 408 g/mol. The van der Waals surface area contributed by atoms with Crippen molar-refractivity contribution in [3.05, 3.63) is 65.8 Å². The van der Waals surface area contributed by atoms with Crippen molar-refractivity contribution in [1.82, 2.24) is 15.0 Å². The summed E-state index contributed by atoms with van der Waals surface area (Å²) in [5.41, 5.74) is 2.08. The van der Waals surface area contributed by atoms with Gasteiger partial charge in [0.1, 0.15) is 5.82 Å². The maximum Gasteiger partial charge on any atom is 0.253 e. The second-order valence-electron chi connectivity index (χ2n) is 7.90. The van der Waals surface area contributed by atoms with E-state index in [0.29, 0.717) is 30.0 Å². The molecule has 7 heteroatoms. The highest BCUT2D eigenvalue weighted by Gasteiger charge is 2.26. The van der Waals surface area contributed by atoms with E-state index in [1.807, 2.05) is 48.2 Å². The molecule has 0 spiro atoms. The molecule has 0 unspecified atom stereocenters. The molecule has 0 radical (unpaired) electrons. The lowest BCUT2D eigenvalue weighted by molar-refractivity contribution is 0.0668. The number of aromatic nitrogens is 2. The maximum atomic E-state index is 13.9. The standard InChI is InChI=1S/C23H25FN4O2/c1-27(2)18-11-9-17(10-12-18)23(29)28-13-5-6-16(15-28)14-21-25-22(26-30-21)19-7-3-4-8-20(19)24/h3-4,7-12,16H,5-6,13-15H2,1-2H3/t16-/m0/s1. The third-order valence-electron chi connectivity index (χ3n) is 5.48. The molecule has 0 aliphatic carbocycles. The van der Waals surface area contributed by atoms with Crippen molar-refractivity contribution in [2.24, 2.45) is 5.92 Å². The van der Waals surface area contributed by atoms with Crippen LogP contribution in [0, 0.1) is 11.7 Å². The second-order valence-corrected chi connectivity index (χ2v) is 7.90. The Kier molecular flexibility index (Phi) is 5.79. The van der Waals surface area contributed by atoms with Crippen LogP contribution in [0.25, 0.3) is 11.4 Å². The Balaban J connectivity index is 1.41. The van der Waals surface area contributed by atoms with Gasteiger partial charge in [0.05, 0.1) is 5.56 Å². The van der Waals surface area contributed by atoms with Crippen LogP contribution in [0.4, 0.5) is 10.1 Å². The third kappa shape index (κ3) is 4.35. The second kappa shape index (κ2) is 8.65. The molecule has 1 atom stereocenters. The van der Waals surface area contributed by atoms with Crippen molar-refractivity contribution in [1.29, 1.82) is 0 Å². The molecule has 1 aliphatic rings. The van der Waals surface area contributed by atoms with Gasteiger partial charge < -0.3 is 14.3 Å². The first-order chi connectivity index (χ1) is 14.5. The molecule has 0 saturated carbocycles. The molecule has 1 saturated heterocycles. The van der Waals surface area contributed by atoms with Gasteiger partial charge in [-0.25, -0.2) is 4.39 Å². The Morgan fingerprint density at radius 1 is 1.20 bits per heavy atom. The van der Waals surface area contributed by atoms with E-state index in [-0.39, 0.29) is 23.5 Å². The molecule has 0 N–H and O–H groups in total. The number of benzene rings is 2. The van der Waals surface area contributed by atoms with Gasteiger partial charge >= 0.3 is 0 Å². The molecule has 2 heterocycles. The van der Waals surface area contributed by atoms with Crippen LogP contribution in [0.1, 0.15) is 29.1 Å². The normalized spacial score (nSPS) is 16.5. The number of rotatable bonds is 5. The summed E-state index contributed by atoms with van der Waals surface area (Å²) in [6.07, 6.45) is 2.49. The van der Waals surface area contributed by atoms with E-state index < -0.39 is 0 Å². The number of carbonyl (C=O) groups excluding carboxylic acids is 1. The van der Waals surface area contributed by atoms with E-state index >= 15 is 0 Å².